The normalized spacial score (nSPS) is 12.1. The van der Waals surface area contributed by atoms with E-state index in [9.17, 15) is 14.9 Å². The number of anilines is 1. The molecule has 7 heteroatoms. The highest BCUT2D eigenvalue weighted by Crippen LogP contribution is 2.26. The summed E-state index contributed by atoms with van der Waals surface area (Å²) in [6.45, 7) is 2.66. The fourth-order valence-electron chi connectivity index (χ4n) is 2.06. The van der Waals surface area contributed by atoms with Gasteiger partial charge in [-0.2, -0.15) is 0 Å². The third kappa shape index (κ3) is 4.71. The minimum Gasteiger partial charge on any atom is -0.376 e. The van der Waals surface area contributed by atoms with Crippen molar-refractivity contribution in [2.45, 2.75) is 13.0 Å². The third-order valence-electron chi connectivity index (χ3n) is 2.89. The summed E-state index contributed by atoms with van der Waals surface area (Å²) in [5.74, 6) is -0.187. The summed E-state index contributed by atoms with van der Waals surface area (Å²) in [4.78, 5) is 26.0. The van der Waals surface area contributed by atoms with Crippen LogP contribution < -0.4 is 5.32 Å². The van der Waals surface area contributed by atoms with Crippen LogP contribution in [0.1, 0.15) is 17.3 Å². The van der Waals surface area contributed by atoms with E-state index in [0.29, 0.717) is 11.3 Å². The van der Waals surface area contributed by atoms with Crippen LogP contribution in [0.4, 0.5) is 11.4 Å². The van der Waals surface area contributed by atoms with Gasteiger partial charge in [-0.15, -0.1) is 0 Å². The number of amides is 1. The van der Waals surface area contributed by atoms with Gasteiger partial charge < -0.3 is 15.1 Å². The number of benzene rings is 1. The highest BCUT2D eigenvalue weighted by Gasteiger charge is 2.19. The third-order valence-corrected chi connectivity index (χ3v) is 2.89. The van der Waals surface area contributed by atoms with E-state index in [1.165, 1.54) is 23.1 Å². The van der Waals surface area contributed by atoms with Gasteiger partial charge in [0, 0.05) is 38.3 Å². The van der Waals surface area contributed by atoms with Crippen LogP contribution >= 0.6 is 0 Å². The Morgan fingerprint density at radius 2 is 1.95 bits per heavy atom. The van der Waals surface area contributed by atoms with E-state index >= 15 is 0 Å². The van der Waals surface area contributed by atoms with Gasteiger partial charge in [-0.05, 0) is 33.2 Å². The Balaban J connectivity index is 3.10. The molecule has 1 aromatic carbocycles. The predicted molar refractivity (Wildman–Crippen MR) is 82.8 cm³/mol. The molecule has 21 heavy (non-hydrogen) atoms. The first-order valence-corrected chi connectivity index (χ1v) is 6.63. The molecule has 1 amide bonds. The van der Waals surface area contributed by atoms with Crippen LogP contribution in [0.15, 0.2) is 18.2 Å². The molecule has 0 aliphatic rings. The maximum Gasteiger partial charge on any atom is 0.292 e. The molecule has 7 nitrogen and oxygen atoms in total. The number of nitrogens with one attached hydrogen (secondary N) is 1. The zero-order valence-electron chi connectivity index (χ0n) is 13.1. The van der Waals surface area contributed by atoms with Crippen LogP contribution in [0, 0.1) is 10.1 Å². The second kappa shape index (κ2) is 7.03. The first-order chi connectivity index (χ1) is 9.72. The van der Waals surface area contributed by atoms with Gasteiger partial charge in [-0.25, -0.2) is 0 Å². The number of carbonyl (C=O) groups excluding carboxylic acids is 1. The lowest BCUT2D eigenvalue weighted by Gasteiger charge is -2.20. The largest absolute Gasteiger partial charge is 0.376 e. The van der Waals surface area contributed by atoms with Crippen LogP contribution in [0.25, 0.3) is 0 Å². The predicted octanol–water partition coefficient (Wildman–Crippen LogP) is 1.66. The molecule has 0 bridgehead atoms. The second-order valence-corrected chi connectivity index (χ2v) is 5.50. The van der Waals surface area contributed by atoms with Gasteiger partial charge >= 0.3 is 0 Å². The molecular formula is C14H22N4O3. The maximum absolute atomic E-state index is 12.0. The van der Waals surface area contributed by atoms with E-state index in [1.54, 1.807) is 14.1 Å². The number of nitrogens with zero attached hydrogens (tertiary/aromatic N) is 3. The number of likely N-dealkylation sites (N-methyl/N-ethyl adjacent to an activating group) is 1. The van der Waals surface area contributed by atoms with Crippen molar-refractivity contribution in [1.82, 2.24) is 9.80 Å². The Morgan fingerprint density at radius 3 is 2.43 bits per heavy atom. The van der Waals surface area contributed by atoms with E-state index in [0.717, 1.165) is 6.54 Å². The van der Waals surface area contributed by atoms with Crippen molar-refractivity contribution in [2.75, 3.05) is 40.1 Å². The molecule has 1 aromatic rings. The van der Waals surface area contributed by atoms with Gasteiger partial charge in [-0.3, -0.25) is 14.9 Å². The van der Waals surface area contributed by atoms with Crippen LogP contribution in [0.5, 0.6) is 0 Å². The zero-order valence-corrected chi connectivity index (χ0v) is 13.1. The minimum absolute atomic E-state index is 0.0170. The summed E-state index contributed by atoms with van der Waals surface area (Å²) >= 11 is 0. The lowest BCUT2D eigenvalue weighted by atomic mass is 10.1. The van der Waals surface area contributed by atoms with E-state index in [-0.39, 0.29) is 17.6 Å². The molecule has 0 fully saturated rings. The molecule has 0 aliphatic carbocycles. The quantitative estimate of drug-likeness (QED) is 0.637. The molecule has 0 radical (unpaired) electrons. The molecule has 0 aliphatic heterocycles. The van der Waals surface area contributed by atoms with Gasteiger partial charge in [-0.1, -0.05) is 0 Å². The molecular weight excluding hydrogens is 272 g/mol. The van der Waals surface area contributed by atoms with Gasteiger partial charge in [0.05, 0.1) is 4.92 Å². The Kier molecular flexibility index (Phi) is 5.66. The van der Waals surface area contributed by atoms with Crippen molar-refractivity contribution in [3.8, 4) is 0 Å². The van der Waals surface area contributed by atoms with Crippen LogP contribution in [-0.2, 0) is 0 Å². The highest BCUT2D eigenvalue weighted by atomic mass is 16.6. The highest BCUT2D eigenvalue weighted by molar-refractivity contribution is 5.95. The first-order valence-electron chi connectivity index (χ1n) is 6.63. The molecule has 1 rings (SSSR count). The van der Waals surface area contributed by atoms with Crippen molar-refractivity contribution in [2.24, 2.45) is 0 Å². The molecule has 0 heterocycles. The topological polar surface area (TPSA) is 78.7 Å². The summed E-state index contributed by atoms with van der Waals surface area (Å²) < 4.78 is 0. The Bertz CT molecular complexity index is 529. The summed E-state index contributed by atoms with van der Waals surface area (Å²) in [6, 6.07) is 4.39. The summed E-state index contributed by atoms with van der Waals surface area (Å²) in [6.07, 6.45) is 0. The lowest BCUT2D eigenvalue weighted by molar-refractivity contribution is -0.384. The number of hydrogen-bond acceptors (Lipinski definition) is 5. The Morgan fingerprint density at radius 1 is 1.33 bits per heavy atom. The summed E-state index contributed by atoms with van der Waals surface area (Å²) in [5, 5.41) is 14.2. The van der Waals surface area contributed by atoms with Crippen molar-refractivity contribution >= 4 is 17.3 Å². The molecule has 1 atom stereocenters. The van der Waals surface area contributed by atoms with E-state index in [1.807, 2.05) is 25.9 Å². The SMILES string of the molecule is CC(CN(C)C)Nc1cc(C(=O)N(C)C)ccc1[N+](=O)[O-]. The van der Waals surface area contributed by atoms with Crippen LogP contribution in [-0.4, -0.2) is 61.4 Å². The Labute approximate surface area is 124 Å². The zero-order chi connectivity index (χ0) is 16.2. The second-order valence-electron chi connectivity index (χ2n) is 5.50. The van der Waals surface area contributed by atoms with Gasteiger partial charge in [0.15, 0.2) is 0 Å². The average Bonchev–Trinajstić information content (AvgIpc) is 2.36. The monoisotopic (exact) mass is 294 g/mol. The van der Waals surface area contributed by atoms with E-state index in [4.69, 9.17) is 0 Å². The summed E-state index contributed by atoms with van der Waals surface area (Å²) in [7, 11) is 7.15. The van der Waals surface area contributed by atoms with E-state index < -0.39 is 4.92 Å². The molecule has 1 unspecified atom stereocenters. The maximum atomic E-state index is 12.0. The number of hydrogen-bond donors (Lipinski definition) is 1. The van der Waals surface area contributed by atoms with Crippen molar-refractivity contribution in [3.63, 3.8) is 0 Å². The van der Waals surface area contributed by atoms with Gasteiger partial charge in [0.25, 0.3) is 11.6 Å². The van der Waals surface area contributed by atoms with Crippen LogP contribution in [0.3, 0.4) is 0 Å². The number of rotatable bonds is 6. The van der Waals surface area contributed by atoms with Crippen molar-refractivity contribution < 1.29 is 9.72 Å². The standard InChI is InChI=1S/C14H22N4O3/c1-10(9-16(2)3)15-12-8-11(14(19)17(4)5)6-7-13(12)18(20)21/h6-8,10,15H,9H2,1-5H3. The molecule has 0 spiro atoms. The first kappa shape index (κ1) is 16.9. The number of carbonyl (C=O) groups is 1. The number of nitro benzene ring substituents is 1. The Hall–Kier alpha value is -2.15. The summed E-state index contributed by atoms with van der Waals surface area (Å²) in [5.41, 5.74) is 0.753. The molecule has 116 valence electrons. The molecule has 0 saturated heterocycles. The minimum atomic E-state index is -0.450. The smallest absolute Gasteiger partial charge is 0.292 e. The fourth-order valence-corrected chi connectivity index (χ4v) is 2.06. The van der Waals surface area contributed by atoms with Crippen molar-refractivity contribution in [1.29, 1.82) is 0 Å². The van der Waals surface area contributed by atoms with Gasteiger partial charge in [0.2, 0.25) is 0 Å². The van der Waals surface area contributed by atoms with Crippen LogP contribution in [0.2, 0.25) is 0 Å². The molecule has 1 N–H and O–H groups in total. The number of nitro groups is 1. The molecule has 0 aromatic heterocycles. The fraction of sp³-hybridized carbons (Fsp3) is 0.500. The van der Waals surface area contributed by atoms with E-state index in [2.05, 4.69) is 5.32 Å². The lowest BCUT2D eigenvalue weighted by Crippen LogP contribution is -2.30. The molecule has 0 saturated carbocycles. The average molecular weight is 294 g/mol. The van der Waals surface area contributed by atoms with Crippen molar-refractivity contribution in [3.05, 3.63) is 33.9 Å². The van der Waals surface area contributed by atoms with Gasteiger partial charge in [0.1, 0.15) is 5.69 Å².